The Morgan fingerprint density at radius 1 is 1.50 bits per heavy atom. The molecule has 0 spiro atoms. The summed E-state index contributed by atoms with van der Waals surface area (Å²) < 4.78 is 31.2. The van der Waals surface area contributed by atoms with Gasteiger partial charge in [-0.3, -0.25) is 4.79 Å². The largest absolute Gasteiger partial charge is 0.380 e. The number of rotatable bonds is 8. The number of H-pyrrole nitrogens is 1. The molecule has 0 amide bonds. The second-order valence-electron chi connectivity index (χ2n) is 3.51. The number of hydrogen-bond acceptors (Lipinski definition) is 5. The minimum absolute atomic E-state index is 0.0265. The van der Waals surface area contributed by atoms with E-state index in [0.717, 1.165) is 6.42 Å². The lowest BCUT2D eigenvalue weighted by atomic mass is 10.5. The summed E-state index contributed by atoms with van der Waals surface area (Å²) in [6.45, 7) is 6.07. The van der Waals surface area contributed by atoms with Crippen LogP contribution in [0.3, 0.4) is 0 Å². The van der Waals surface area contributed by atoms with Gasteiger partial charge in [-0.2, -0.15) is 0 Å². The predicted molar refractivity (Wildman–Crippen MR) is 70.5 cm³/mol. The van der Waals surface area contributed by atoms with E-state index in [9.17, 15) is 13.2 Å². The lowest BCUT2D eigenvalue weighted by Gasteiger charge is -2.05. The first-order chi connectivity index (χ1) is 8.47. The lowest BCUT2D eigenvalue weighted by Crippen LogP contribution is -2.27. The summed E-state index contributed by atoms with van der Waals surface area (Å²) in [6.07, 6.45) is 2.45. The van der Waals surface area contributed by atoms with Crippen LogP contribution in [0.4, 0.5) is 0 Å². The van der Waals surface area contributed by atoms with Crippen LogP contribution in [0.2, 0.25) is 0 Å². The maximum absolute atomic E-state index is 11.8. The standard InChI is InChI=1S/C10H16N2O4S2/c1-3-4-6-16-7-5-11-18(14,15)9-8(2)12-10(13)17-9/h3,11H,1,4-7H2,2H3,(H,12,13). The van der Waals surface area contributed by atoms with Crippen LogP contribution in [0.15, 0.2) is 21.7 Å². The van der Waals surface area contributed by atoms with Gasteiger partial charge in [0.1, 0.15) is 0 Å². The summed E-state index contributed by atoms with van der Waals surface area (Å²) >= 11 is 0.678. The Labute approximate surface area is 110 Å². The second-order valence-corrected chi connectivity index (χ2v) is 6.46. The predicted octanol–water partition coefficient (Wildman–Crippen LogP) is 0.616. The summed E-state index contributed by atoms with van der Waals surface area (Å²) in [7, 11) is -3.63. The van der Waals surface area contributed by atoms with Crippen LogP contribution in [0.5, 0.6) is 0 Å². The number of aryl methyl sites for hydroxylation is 1. The van der Waals surface area contributed by atoms with Crippen molar-refractivity contribution < 1.29 is 13.2 Å². The van der Waals surface area contributed by atoms with E-state index in [-0.39, 0.29) is 22.2 Å². The molecule has 1 aromatic heterocycles. The molecule has 0 aliphatic heterocycles. The maximum Gasteiger partial charge on any atom is 0.305 e. The summed E-state index contributed by atoms with van der Waals surface area (Å²) in [4.78, 5) is 13.1. The van der Waals surface area contributed by atoms with E-state index in [1.807, 2.05) is 0 Å². The first kappa shape index (κ1) is 15.1. The fraction of sp³-hybridized carbons (Fsp3) is 0.500. The quantitative estimate of drug-likeness (QED) is 0.543. The molecule has 6 nitrogen and oxygen atoms in total. The van der Waals surface area contributed by atoms with Gasteiger partial charge in [0.25, 0.3) is 10.0 Å². The molecule has 102 valence electrons. The molecule has 0 fully saturated rings. The summed E-state index contributed by atoms with van der Waals surface area (Å²) in [5, 5.41) is 0. The van der Waals surface area contributed by atoms with Crippen LogP contribution >= 0.6 is 11.3 Å². The second kappa shape index (κ2) is 6.83. The summed E-state index contributed by atoms with van der Waals surface area (Å²) in [5.74, 6) is 0. The molecule has 0 atom stereocenters. The van der Waals surface area contributed by atoms with Crippen molar-refractivity contribution in [3.05, 3.63) is 28.0 Å². The van der Waals surface area contributed by atoms with Gasteiger partial charge in [0.2, 0.25) is 0 Å². The van der Waals surface area contributed by atoms with E-state index in [1.54, 1.807) is 13.0 Å². The molecule has 0 bridgehead atoms. The van der Waals surface area contributed by atoms with Crippen molar-refractivity contribution in [2.45, 2.75) is 17.6 Å². The van der Waals surface area contributed by atoms with Crippen LogP contribution in [-0.4, -0.2) is 33.2 Å². The SMILES string of the molecule is C=CCCOCCNS(=O)(=O)c1sc(=O)[nH]c1C. The molecule has 8 heteroatoms. The molecule has 0 saturated carbocycles. The molecular formula is C10H16N2O4S2. The van der Waals surface area contributed by atoms with Crippen LogP contribution in [-0.2, 0) is 14.8 Å². The summed E-state index contributed by atoms with van der Waals surface area (Å²) in [6, 6.07) is 0. The molecular weight excluding hydrogens is 276 g/mol. The third-order valence-electron chi connectivity index (χ3n) is 2.03. The van der Waals surface area contributed by atoms with Gasteiger partial charge in [0, 0.05) is 12.2 Å². The van der Waals surface area contributed by atoms with Crippen molar-refractivity contribution in [3.8, 4) is 0 Å². The molecule has 0 unspecified atom stereocenters. The van der Waals surface area contributed by atoms with Gasteiger partial charge in [-0.15, -0.1) is 6.58 Å². The zero-order chi connectivity index (χ0) is 13.6. The van der Waals surface area contributed by atoms with E-state index in [0.29, 0.717) is 23.6 Å². The molecule has 0 aliphatic rings. The van der Waals surface area contributed by atoms with Gasteiger partial charge >= 0.3 is 4.87 Å². The average molecular weight is 292 g/mol. The third-order valence-corrected chi connectivity index (χ3v) is 5.10. The monoisotopic (exact) mass is 292 g/mol. The molecule has 0 aliphatic carbocycles. The number of thiazole rings is 1. The smallest absolute Gasteiger partial charge is 0.305 e. The fourth-order valence-electron chi connectivity index (χ4n) is 1.23. The molecule has 1 aromatic rings. The van der Waals surface area contributed by atoms with Crippen LogP contribution in [0, 0.1) is 6.92 Å². The highest BCUT2D eigenvalue weighted by Crippen LogP contribution is 2.14. The fourth-order valence-corrected chi connectivity index (χ4v) is 3.59. The molecule has 0 radical (unpaired) electrons. The van der Waals surface area contributed by atoms with Gasteiger partial charge < -0.3 is 9.72 Å². The lowest BCUT2D eigenvalue weighted by molar-refractivity contribution is 0.144. The Morgan fingerprint density at radius 2 is 2.22 bits per heavy atom. The molecule has 2 N–H and O–H groups in total. The highest BCUT2D eigenvalue weighted by atomic mass is 32.2. The number of sulfonamides is 1. The van der Waals surface area contributed by atoms with Crippen molar-refractivity contribution in [2.24, 2.45) is 0 Å². The van der Waals surface area contributed by atoms with Gasteiger partial charge in [0.15, 0.2) is 4.21 Å². The van der Waals surface area contributed by atoms with Crippen molar-refractivity contribution in [1.82, 2.24) is 9.71 Å². The van der Waals surface area contributed by atoms with Crippen LogP contribution in [0.1, 0.15) is 12.1 Å². The average Bonchev–Trinajstić information content (AvgIpc) is 2.63. The van der Waals surface area contributed by atoms with Crippen molar-refractivity contribution >= 4 is 21.4 Å². The maximum atomic E-state index is 11.8. The molecule has 1 rings (SSSR count). The number of hydrogen-bond donors (Lipinski definition) is 2. The van der Waals surface area contributed by atoms with E-state index in [1.165, 1.54) is 0 Å². The van der Waals surface area contributed by atoms with Crippen LogP contribution in [0.25, 0.3) is 0 Å². The van der Waals surface area contributed by atoms with Gasteiger partial charge in [-0.1, -0.05) is 17.4 Å². The van der Waals surface area contributed by atoms with E-state index >= 15 is 0 Å². The van der Waals surface area contributed by atoms with Gasteiger partial charge in [-0.05, 0) is 13.3 Å². The third kappa shape index (κ3) is 4.37. The Bertz CT molecular complexity index is 544. The normalized spacial score (nSPS) is 11.6. The zero-order valence-corrected chi connectivity index (χ0v) is 11.7. The van der Waals surface area contributed by atoms with Crippen LogP contribution < -0.4 is 9.60 Å². The number of nitrogens with one attached hydrogen (secondary N) is 2. The van der Waals surface area contributed by atoms with Gasteiger partial charge in [-0.25, -0.2) is 13.1 Å². The molecule has 0 aromatic carbocycles. The highest BCUT2D eigenvalue weighted by molar-refractivity contribution is 7.91. The van der Waals surface area contributed by atoms with E-state index < -0.39 is 10.0 Å². The molecule has 18 heavy (non-hydrogen) atoms. The van der Waals surface area contributed by atoms with Crippen molar-refractivity contribution in [2.75, 3.05) is 19.8 Å². The molecule has 0 saturated heterocycles. The Kier molecular flexibility index (Phi) is 5.73. The van der Waals surface area contributed by atoms with E-state index in [4.69, 9.17) is 4.74 Å². The van der Waals surface area contributed by atoms with Crippen molar-refractivity contribution in [1.29, 1.82) is 0 Å². The zero-order valence-electron chi connectivity index (χ0n) is 10.1. The number of aromatic amines is 1. The Hall–Kier alpha value is -0.960. The summed E-state index contributed by atoms with van der Waals surface area (Å²) in [5.41, 5.74) is 0.352. The first-order valence-electron chi connectivity index (χ1n) is 5.35. The topological polar surface area (TPSA) is 88.3 Å². The highest BCUT2D eigenvalue weighted by Gasteiger charge is 2.19. The first-order valence-corrected chi connectivity index (χ1v) is 7.65. The Balaban J connectivity index is 2.48. The minimum atomic E-state index is -3.63. The Morgan fingerprint density at radius 3 is 2.78 bits per heavy atom. The number of ether oxygens (including phenoxy) is 1. The van der Waals surface area contributed by atoms with E-state index in [2.05, 4.69) is 16.3 Å². The van der Waals surface area contributed by atoms with Crippen molar-refractivity contribution in [3.63, 3.8) is 0 Å². The number of aromatic nitrogens is 1. The minimum Gasteiger partial charge on any atom is -0.380 e. The molecule has 1 heterocycles. The van der Waals surface area contributed by atoms with Gasteiger partial charge in [0.05, 0.1) is 13.2 Å².